The normalized spacial score (nSPS) is 12.5. The molecule has 1 unspecified atom stereocenters. The van der Waals surface area contributed by atoms with Crippen molar-refractivity contribution in [2.45, 2.75) is 64.8 Å². The maximum absolute atomic E-state index is 11.3. The molecule has 0 saturated carbocycles. The third-order valence-corrected chi connectivity index (χ3v) is 2.56. The van der Waals surface area contributed by atoms with Crippen molar-refractivity contribution in [2.24, 2.45) is 5.73 Å². The monoisotopic (exact) mass is 214 g/mol. The standard InChI is InChI=1S/C12H26N2O/c1-3-5-6-7-8-9-10-11(13)12(15)14-4-2/h11H,3-10,13H2,1-2H3,(H,14,15). The highest BCUT2D eigenvalue weighted by Crippen LogP contribution is 2.07. The summed E-state index contributed by atoms with van der Waals surface area (Å²) in [5.41, 5.74) is 5.73. The van der Waals surface area contributed by atoms with Gasteiger partial charge in [-0.25, -0.2) is 0 Å². The fraction of sp³-hybridized carbons (Fsp3) is 0.917. The maximum atomic E-state index is 11.3. The van der Waals surface area contributed by atoms with Crippen LogP contribution in [0.25, 0.3) is 0 Å². The number of carbonyl (C=O) groups excluding carboxylic acids is 1. The van der Waals surface area contributed by atoms with E-state index in [2.05, 4.69) is 12.2 Å². The van der Waals surface area contributed by atoms with E-state index < -0.39 is 0 Å². The van der Waals surface area contributed by atoms with Gasteiger partial charge in [0, 0.05) is 6.54 Å². The fourth-order valence-corrected chi connectivity index (χ4v) is 1.58. The van der Waals surface area contributed by atoms with Crippen LogP contribution in [0.2, 0.25) is 0 Å². The van der Waals surface area contributed by atoms with E-state index in [-0.39, 0.29) is 11.9 Å². The molecular formula is C12H26N2O. The first-order chi connectivity index (χ1) is 7.22. The maximum Gasteiger partial charge on any atom is 0.236 e. The number of nitrogens with one attached hydrogen (secondary N) is 1. The van der Waals surface area contributed by atoms with Gasteiger partial charge >= 0.3 is 0 Å². The highest BCUT2D eigenvalue weighted by Gasteiger charge is 2.10. The topological polar surface area (TPSA) is 55.1 Å². The first-order valence-corrected chi connectivity index (χ1v) is 6.25. The third-order valence-electron chi connectivity index (χ3n) is 2.56. The SMILES string of the molecule is CCCCCCCCC(N)C(=O)NCC. The molecule has 0 aliphatic rings. The van der Waals surface area contributed by atoms with Gasteiger partial charge in [-0.1, -0.05) is 45.4 Å². The zero-order chi connectivity index (χ0) is 11.5. The minimum atomic E-state index is -0.309. The second-order valence-electron chi connectivity index (χ2n) is 4.06. The van der Waals surface area contributed by atoms with Crippen LogP contribution in [-0.4, -0.2) is 18.5 Å². The molecule has 0 aromatic heterocycles. The number of carbonyl (C=O) groups is 1. The van der Waals surface area contributed by atoms with Gasteiger partial charge in [0.1, 0.15) is 0 Å². The number of rotatable bonds is 9. The van der Waals surface area contributed by atoms with Crippen LogP contribution in [0.4, 0.5) is 0 Å². The van der Waals surface area contributed by atoms with Crippen molar-refractivity contribution in [3.8, 4) is 0 Å². The van der Waals surface area contributed by atoms with Crippen LogP contribution in [-0.2, 0) is 4.79 Å². The summed E-state index contributed by atoms with van der Waals surface area (Å²) >= 11 is 0. The second kappa shape index (κ2) is 9.97. The van der Waals surface area contributed by atoms with Gasteiger partial charge in [0.15, 0.2) is 0 Å². The molecule has 0 radical (unpaired) electrons. The van der Waals surface area contributed by atoms with E-state index in [0.717, 1.165) is 12.8 Å². The van der Waals surface area contributed by atoms with E-state index >= 15 is 0 Å². The Balaban J connectivity index is 3.30. The molecule has 1 amide bonds. The summed E-state index contributed by atoms with van der Waals surface area (Å²) < 4.78 is 0. The molecule has 0 saturated heterocycles. The zero-order valence-corrected chi connectivity index (χ0v) is 10.2. The summed E-state index contributed by atoms with van der Waals surface area (Å²) in [5.74, 6) is -0.00828. The van der Waals surface area contributed by atoms with Gasteiger partial charge in [0.2, 0.25) is 5.91 Å². The molecule has 90 valence electrons. The molecule has 0 aromatic carbocycles. The molecule has 0 aliphatic heterocycles. The summed E-state index contributed by atoms with van der Waals surface area (Å²) in [6, 6.07) is -0.309. The molecule has 1 atom stereocenters. The van der Waals surface area contributed by atoms with Gasteiger partial charge in [-0.2, -0.15) is 0 Å². The van der Waals surface area contributed by atoms with Crippen molar-refractivity contribution in [3.05, 3.63) is 0 Å². The van der Waals surface area contributed by atoms with Crippen molar-refractivity contribution in [1.82, 2.24) is 5.32 Å². The van der Waals surface area contributed by atoms with E-state index in [1.165, 1.54) is 32.1 Å². The Labute approximate surface area is 93.8 Å². The van der Waals surface area contributed by atoms with Gasteiger partial charge in [-0.3, -0.25) is 4.79 Å². The lowest BCUT2D eigenvalue weighted by Crippen LogP contribution is -2.40. The van der Waals surface area contributed by atoms with E-state index in [9.17, 15) is 4.79 Å². The Hall–Kier alpha value is -0.570. The van der Waals surface area contributed by atoms with Gasteiger partial charge in [0.25, 0.3) is 0 Å². The number of hydrogen-bond acceptors (Lipinski definition) is 2. The van der Waals surface area contributed by atoms with E-state index in [0.29, 0.717) is 6.54 Å². The van der Waals surface area contributed by atoms with Crippen molar-refractivity contribution in [1.29, 1.82) is 0 Å². The van der Waals surface area contributed by atoms with Gasteiger partial charge in [-0.05, 0) is 13.3 Å². The Morgan fingerprint density at radius 1 is 1.13 bits per heavy atom. The molecule has 0 spiro atoms. The lowest BCUT2D eigenvalue weighted by atomic mass is 10.1. The first kappa shape index (κ1) is 14.4. The Morgan fingerprint density at radius 3 is 2.33 bits per heavy atom. The molecule has 0 rings (SSSR count). The van der Waals surface area contributed by atoms with Crippen LogP contribution in [0.3, 0.4) is 0 Å². The molecule has 15 heavy (non-hydrogen) atoms. The summed E-state index contributed by atoms with van der Waals surface area (Å²) in [6.45, 7) is 4.80. The van der Waals surface area contributed by atoms with Crippen LogP contribution in [0.15, 0.2) is 0 Å². The predicted molar refractivity (Wildman–Crippen MR) is 64.7 cm³/mol. The Morgan fingerprint density at radius 2 is 1.73 bits per heavy atom. The quantitative estimate of drug-likeness (QED) is 0.578. The number of amides is 1. The zero-order valence-electron chi connectivity index (χ0n) is 10.2. The Kier molecular flexibility index (Phi) is 9.59. The molecule has 0 bridgehead atoms. The molecule has 3 N–H and O–H groups in total. The van der Waals surface area contributed by atoms with Crippen molar-refractivity contribution >= 4 is 5.91 Å². The van der Waals surface area contributed by atoms with Gasteiger partial charge < -0.3 is 11.1 Å². The van der Waals surface area contributed by atoms with Crippen LogP contribution >= 0.6 is 0 Å². The minimum absolute atomic E-state index is 0.00828. The van der Waals surface area contributed by atoms with Gasteiger partial charge in [-0.15, -0.1) is 0 Å². The number of likely N-dealkylation sites (N-methyl/N-ethyl adjacent to an activating group) is 1. The van der Waals surface area contributed by atoms with Crippen LogP contribution in [0.1, 0.15) is 58.8 Å². The molecule has 3 heteroatoms. The third kappa shape index (κ3) is 8.43. The summed E-state index contributed by atoms with van der Waals surface area (Å²) in [6.07, 6.45) is 8.27. The molecule has 0 fully saturated rings. The molecule has 0 heterocycles. The van der Waals surface area contributed by atoms with Crippen LogP contribution < -0.4 is 11.1 Å². The van der Waals surface area contributed by atoms with Crippen LogP contribution in [0, 0.1) is 0 Å². The van der Waals surface area contributed by atoms with Crippen molar-refractivity contribution < 1.29 is 4.79 Å². The van der Waals surface area contributed by atoms with Crippen LogP contribution in [0.5, 0.6) is 0 Å². The predicted octanol–water partition coefficient (Wildman–Crippen LogP) is 2.20. The number of hydrogen-bond donors (Lipinski definition) is 2. The molecule has 3 nitrogen and oxygen atoms in total. The highest BCUT2D eigenvalue weighted by atomic mass is 16.2. The minimum Gasteiger partial charge on any atom is -0.355 e. The van der Waals surface area contributed by atoms with Gasteiger partial charge in [0.05, 0.1) is 6.04 Å². The fourth-order valence-electron chi connectivity index (χ4n) is 1.58. The lowest BCUT2D eigenvalue weighted by molar-refractivity contribution is -0.122. The lowest BCUT2D eigenvalue weighted by Gasteiger charge is -2.10. The summed E-state index contributed by atoms with van der Waals surface area (Å²) in [4.78, 5) is 11.3. The average molecular weight is 214 g/mol. The number of nitrogens with two attached hydrogens (primary N) is 1. The summed E-state index contributed by atoms with van der Waals surface area (Å²) in [7, 11) is 0. The second-order valence-corrected chi connectivity index (χ2v) is 4.06. The smallest absolute Gasteiger partial charge is 0.236 e. The average Bonchev–Trinajstić information content (AvgIpc) is 2.23. The van der Waals surface area contributed by atoms with E-state index in [4.69, 9.17) is 5.73 Å². The largest absolute Gasteiger partial charge is 0.355 e. The first-order valence-electron chi connectivity index (χ1n) is 6.25. The summed E-state index contributed by atoms with van der Waals surface area (Å²) in [5, 5.41) is 2.74. The Bertz CT molecular complexity index is 160. The highest BCUT2D eigenvalue weighted by molar-refractivity contribution is 5.81. The molecular weight excluding hydrogens is 188 g/mol. The molecule has 0 aliphatic carbocycles. The van der Waals surface area contributed by atoms with Crippen molar-refractivity contribution in [2.75, 3.05) is 6.54 Å². The van der Waals surface area contributed by atoms with Crippen molar-refractivity contribution in [3.63, 3.8) is 0 Å². The van der Waals surface area contributed by atoms with E-state index in [1.807, 2.05) is 6.92 Å². The number of unbranched alkanes of at least 4 members (excludes halogenated alkanes) is 5. The molecule has 0 aromatic rings. The van der Waals surface area contributed by atoms with E-state index in [1.54, 1.807) is 0 Å².